The average Bonchev–Trinajstić information content (AvgIpc) is 2.86. The van der Waals surface area contributed by atoms with E-state index in [-0.39, 0.29) is 11.7 Å². The lowest BCUT2D eigenvalue weighted by Gasteiger charge is -2.00. The summed E-state index contributed by atoms with van der Waals surface area (Å²) < 4.78 is 4.76. The zero-order valence-corrected chi connectivity index (χ0v) is 7.34. The number of unbranched alkanes of at least 4 members (excludes halogenated alkanes) is 1. The van der Waals surface area contributed by atoms with Gasteiger partial charge in [-0.2, -0.15) is 0 Å². The van der Waals surface area contributed by atoms with Crippen molar-refractivity contribution in [2.24, 2.45) is 5.92 Å². The summed E-state index contributed by atoms with van der Waals surface area (Å²) in [6, 6.07) is 0. The van der Waals surface area contributed by atoms with Crippen molar-refractivity contribution in [3.63, 3.8) is 0 Å². The minimum Gasteiger partial charge on any atom is -0.460 e. The van der Waals surface area contributed by atoms with Crippen LogP contribution in [0.3, 0.4) is 0 Å². The smallest absolute Gasteiger partial charge is 0.374 e. The van der Waals surface area contributed by atoms with Gasteiger partial charge in [0.25, 0.3) is 0 Å². The third-order valence-corrected chi connectivity index (χ3v) is 1.88. The van der Waals surface area contributed by atoms with E-state index < -0.39 is 5.97 Å². The van der Waals surface area contributed by atoms with Crippen LogP contribution in [0, 0.1) is 5.92 Å². The molecule has 1 aliphatic rings. The van der Waals surface area contributed by atoms with E-state index in [0.29, 0.717) is 6.61 Å². The Bertz CT molecular complexity index is 182. The molecule has 0 aliphatic heterocycles. The highest BCUT2D eigenvalue weighted by Gasteiger charge is 2.35. The Kier molecular flexibility index (Phi) is 3.26. The monoisotopic (exact) mass is 170 g/mol. The summed E-state index contributed by atoms with van der Waals surface area (Å²) in [5.41, 5.74) is 0. The van der Waals surface area contributed by atoms with Gasteiger partial charge < -0.3 is 4.74 Å². The zero-order valence-electron chi connectivity index (χ0n) is 7.34. The van der Waals surface area contributed by atoms with Gasteiger partial charge in [0.15, 0.2) is 0 Å². The minimum absolute atomic E-state index is 0.0147. The first-order valence-electron chi connectivity index (χ1n) is 4.46. The van der Waals surface area contributed by atoms with Crippen LogP contribution in [-0.2, 0) is 14.3 Å². The molecule has 0 aromatic carbocycles. The summed E-state index contributed by atoms with van der Waals surface area (Å²) in [5.74, 6) is -0.976. The fraction of sp³-hybridized carbons (Fsp3) is 0.778. The SMILES string of the molecule is CCCCOC(=O)C(=O)C1CC1. The molecule has 1 saturated carbocycles. The Labute approximate surface area is 72.1 Å². The second kappa shape index (κ2) is 4.24. The van der Waals surface area contributed by atoms with Crippen LogP contribution in [0.2, 0.25) is 0 Å². The van der Waals surface area contributed by atoms with Gasteiger partial charge in [-0.3, -0.25) is 4.79 Å². The molecule has 1 rings (SSSR count). The molecule has 3 nitrogen and oxygen atoms in total. The standard InChI is InChI=1S/C9H14O3/c1-2-3-6-12-9(11)8(10)7-4-5-7/h7H,2-6H2,1H3. The van der Waals surface area contributed by atoms with Gasteiger partial charge in [-0.05, 0) is 19.3 Å². The fourth-order valence-electron chi connectivity index (χ4n) is 0.893. The molecule has 0 N–H and O–H groups in total. The Morgan fingerprint density at radius 2 is 2.08 bits per heavy atom. The number of hydrogen-bond donors (Lipinski definition) is 0. The first kappa shape index (κ1) is 9.23. The van der Waals surface area contributed by atoms with Crippen LogP contribution in [0.4, 0.5) is 0 Å². The van der Waals surface area contributed by atoms with Gasteiger partial charge in [-0.1, -0.05) is 13.3 Å². The Balaban J connectivity index is 2.14. The highest BCUT2D eigenvalue weighted by Crippen LogP contribution is 2.30. The van der Waals surface area contributed by atoms with E-state index in [1.165, 1.54) is 0 Å². The van der Waals surface area contributed by atoms with Crippen LogP contribution in [0.15, 0.2) is 0 Å². The fourth-order valence-corrected chi connectivity index (χ4v) is 0.893. The van der Waals surface area contributed by atoms with Crippen molar-refractivity contribution in [3.8, 4) is 0 Å². The van der Waals surface area contributed by atoms with Crippen LogP contribution in [0.25, 0.3) is 0 Å². The van der Waals surface area contributed by atoms with E-state index >= 15 is 0 Å². The summed E-state index contributed by atoms with van der Waals surface area (Å²) >= 11 is 0. The number of esters is 1. The van der Waals surface area contributed by atoms with Gasteiger partial charge in [0.1, 0.15) is 0 Å². The molecule has 0 atom stereocenters. The number of hydrogen-bond acceptors (Lipinski definition) is 3. The maximum atomic E-state index is 11.0. The quantitative estimate of drug-likeness (QED) is 0.355. The summed E-state index contributed by atoms with van der Waals surface area (Å²) in [6.07, 6.45) is 3.54. The molecule has 0 saturated heterocycles. The van der Waals surface area contributed by atoms with Gasteiger partial charge in [0, 0.05) is 5.92 Å². The van der Waals surface area contributed by atoms with Crippen LogP contribution in [-0.4, -0.2) is 18.4 Å². The number of ether oxygens (including phenoxy) is 1. The lowest BCUT2D eigenvalue weighted by molar-refractivity contribution is -0.154. The Hall–Kier alpha value is -0.860. The van der Waals surface area contributed by atoms with E-state index in [4.69, 9.17) is 4.74 Å². The van der Waals surface area contributed by atoms with Crippen LogP contribution >= 0.6 is 0 Å². The van der Waals surface area contributed by atoms with E-state index in [0.717, 1.165) is 25.7 Å². The van der Waals surface area contributed by atoms with Gasteiger partial charge in [0.05, 0.1) is 6.61 Å². The van der Waals surface area contributed by atoms with Crippen molar-refractivity contribution in [2.45, 2.75) is 32.6 Å². The second-order valence-corrected chi connectivity index (χ2v) is 3.13. The molecule has 0 radical (unpaired) electrons. The van der Waals surface area contributed by atoms with Crippen LogP contribution in [0.5, 0.6) is 0 Å². The highest BCUT2D eigenvalue weighted by molar-refractivity contribution is 6.35. The molecular formula is C9H14O3. The van der Waals surface area contributed by atoms with Crippen molar-refractivity contribution in [1.29, 1.82) is 0 Å². The molecule has 68 valence electrons. The van der Waals surface area contributed by atoms with Crippen molar-refractivity contribution >= 4 is 11.8 Å². The molecule has 0 unspecified atom stereocenters. The van der Waals surface area contributed by atoms with Gasteiger partial charge in [0.2, 0.25) is 5.78 Å². The minimum atomic E-state index is -0.633. The van der Waals surface area contributed by atoms with E-state index in [2.05, 4.69) is 0 Å². The molecule has 12 heavy (non-hydrogen) atoms. The molecule has 0 bridgehead atoms. The summed E-state index contributed by atoms with van der Waals surface area (Å²) in [5, 5.41) is 0. The predicted molar refractivity (Wildman–Crippen MR) is 43.6 cm³/mol. The largest absolute Gasteiger partial charge is 0.460 e. The van der Waals surface area contributed by atoms with Crippen molar-refractivity contribution in [1.82, 2.24) is 0 Å². The predicted octanol–water partition coefficient (Wildman–Crippen LogP) is 1.31. The third-order valence-electron chi connectivity index (χ3n) is 1.88. The summed E-state index contributed by atoms with van der Waals surface area (Å²) in [6.45, 7) is 2.39. The average molecular weight is 170 g/mol. The number of ketones is 1. The third kappa shape index (κ3) is 2.64. The first-order chi connectivity index (χ1) is 5.75. The van der Waals surface area contributed by atoms with Gasteiger partial charge in [-0.15, -0.1) is 0 Å². The molecule has 1 aliphatic carbocycles. The first-order valence-corrected chi connectivity index (χ1v) is 4.46. The van der Waals surface area contributed by atoms with E-state index in [1.54, 1.807) is 0 Å². The normalized spacial score (nSPS) is 15.8. The maximum Gasteiger partial charge on any atom is 0.374 e. The van der Waals surface area contributed by atoms with Crippen molar-refractivity contribution in [3.05, 3.63) is 0 Å². The molecular weight excluding hydrogens is 156 g/mol. The summed E-state index contributed by atoms with van der Waals surface area (Å²) in [7, 11) is 0. The molecule has 0 amide bonds. The van der Waals surface area contributed by atoms with Gasteiger partial charge in [-0.25, -0.2) is 4.79 Å². The maximum absolute atomic E-state index is 11.0. The van der Waals surface area contributed by atoms with Gasteiger partial charge >= 0.3 is 5.97 Å². The van der Waals surface area contributed by atoms with Crippen LogP contribution in [0.1, 0.15) is 32.6 Å². The second-order valence-electron chi connectivity index (χ2n) is 3.13. The molecule has 1 fully saturated rings. The topological polar surface area (TPSA) is 43.4 Å². The Morgan fingerprint density at radius 1 is 1.42 bits per heavy atom. The lowest BCUT2D eigenvalue weighted by atomic mass is 10.3. The molecule has 0 aromatic rings. The molecule has 3 heteroatoms. The highest BCUT2D eigenvalue weighted by atomic mass is 16.5. The number of rotatable bonds is 5. The molecule has 0 spiro atoms. The number of Topliss-reactive ketones (excluding diaryl/α,β-unsaturated/α-hetero) is 1. The zero-order chi connectivity index (χ0) is 8.97. The number of carbonyl (C=O) groups is 2. The lowest BCUT2D eigenvalue weighted by Crippen LogP contribution is -2.19. The van der Waals surface area contributed by atoms with Crippen molar-refractivity contribution < 1.29 is 14.3 Å². The van der Waals surface area contributed by atoms with E-state index in [9.17, 15) is 9.59 Å². The molecule has 0 heterocycles. The Morgan fingerprint density at radius 3 is 2.58 bits per heavy atom. The number of carbonyl (C=O) groups excluding carboxylic acids is 2. The summed E-state index contributed by atoms with van der Waals surface area (Å²) in [4.78, 5) is 22.0. The van der Waals surface area contributed by atoms with Crippen LogP contribution < -0.4 is 0 Å². The molecule has 0 aromatic heterocycles. The van der Waals surface area contributed by atoms with E-state index in [1.807, 2.05) is 6.92 Å². The van der Waals surface area contributed by atoms with Crippen molar-refractivity contribution in [2.75, 3.05) is 6.61 Å².